The molecular formula is C43H56N4O5. The minimum absolute atomic E-state index is 0.198. The largest absolute Gasteiger partial charge is 0.509 e. The highest BCUT2D eigenvalue weighted by molar-refractivity contribution is 6.19. The smallest absolute Gasteiger partial charge is 0.305 e. The van der Waals surface area contributed by atoms with Crippen LogP contribution in [0.25, 0.3) is 0 Å². The van der Waals surface area contributed by atoms with Gasteiger partial charge in [-0.1, -0.05) is 46.5 Å². The van der Waals surface area contributed by atoms with Crippen molar-refractivity contribution in [2.75, 3.05) is 14.2 Å². The van der Waals surface area contributed by atoms with Crippen LogP contribution in [-0.2, 0) is 19.1 Å². The molecule has 0 aromatic rings. The molecular weight excluding hydrogens is 652 g/mol. The first-order valence-corrected chi connectivity index (χ1v) is 19.0. The van der Waals surface area contributed by atoms with Gasteiger partial charge in [-0.3, -0.25) is 9.59 Å². The molecule has 0 aromatic heterocycles. The van der Waals surface area contributed by atoms with Crippen molar-refractivity contribution < 1.29 is 24.2 Å². The first kappa shape index (κ1) is 38.7. The van der Waals surface area contributed by atoms with Crippen LogP contribution < -0.4 is 5.32 Å². The molecule has 0 spiro atoms. The second kappa shape index (κ2) is 16.4. The van der Waals surface area contributed by atoms with E-state index in [1.807, 2.05) is 19.1 Å². The number of rotatable bonds is 14. The van der Waals surface area contributed by atoms with Gasteiger partial charge < -0.3 is 19.9 Å². The lowest BCUT2D eigenvalue weighted by Crippen LogP contribution is -2.25. The number of aliphatic hydroxyl groups is 1. The molecule has 0 fully saturated rings. The van der Waals surface area contributed by atoms with Crippen LogP contribution >= 0.6 is 0 Å². The Bertz CT molecular complexity index is 1890. The molecule has 9 heteroatoms. The van der Waals surface area contributed by atoms with E-state index in [9.17, 15) is 14.7 Å². The fraction of sp³-hybridized carbons (Fsp3) is 0.512. The highest BCUT2D eigenvalue weighted by Crippen LogP contribution is 2.47. The fourth-order valence-corrected chi connectivity index (χ4v) is 7.80. The highest BCUT2D eigenvalue weighted by atomic mass is 16.5. The lowest BCUT2D eigenvalue weighted by atomic mass is 9.79. The molecule has 0 aromatic carbocycles. The van der Waals surface area contributed by atoms with E-state index in [4.69, 9.17) is 24.5 Å². The Morgan fingerprint density at radius 1 is 0.712 bits per heavy atom. The Kier molecular flexibility index (Phi) is 12.2. The van der Waals surface area contributed by atoms with E-state index in [0.717, 1.165) is 87.6 Å². The fourth-order valence-electron chi connectivity index (χ4n) is 7.80. The first-order valence-electron chi connectivity index (χ1n) is 19.0. The predicted molar refractivity (Wildman–Crippen MR) is 209 cm³/mol. The van der Waals surface area contributed by atoms with Gasteiger partial charge in [0.05, 0.1) is 59.6 Å². The number of nitrogens with zero attached hydrogens (tertiary/aromatic N) is 3. The summed E-state index contributed by atoms with van der Waals surface area (Å²) in [6, 6.07) is 0. The first-order chi connectivity index (χ1) is 24.9. The molecule has 1 atom stereocenters. The molecule has 8 bridgehead atoms. The summed E-state index contributed by atoms with van der Waals surface area (Å²) in [6.45, 7) is 14.9. The number of allylic oxidation sites excluding steroid dienone is 10. The summed E-state index contributed by atoms with van der Waals surface area (Å²) >= 11 is 0. The van der Waals surface area contributed by atoms with E-state index in [1.54, 1.807) is 0 Å². The van der Waals surface area contributed by atoms with Gasteiger partial charge in [0, 0.05) is 18.5 Å². The number of fused-ring (bicyclic) bond motifs is 5. The molecule has 0 amide bonds. The summed E-state index contributed by atoms with van der Waals surface area (Å²) < 4.78 is 9.99. The summed E-state index contributed by atoms with van der Waals surface area (Å²) in [7, 11) is 2.80. The molecule has 0 saturated heterocycles. The number of esters is 2. The zero-order chi connectivity index (χ0) is 37.7. The maximum atomic E-state index is 12.3. The molecule has 278 valence electrons. The summed E-state index contributed by atoms with van der Waals surface area (Å²) in [4.78, 5) is 40.3. The van der Waals surface area contributed by atoms with Crippen LogP contribution in [0.5, 0.6) is 0 Å². The number of hydrogen-bond donors (Lipinski definition) is 2. The van der Waals surface area contributed by atoms with Gasteiger partial charge in [0.2, 0.25) is 0 Å². The van der Waals surface area contributed by atoms with Crippen LogP contribution in [0.3, 0.4) is 0 Å². The van der Waals surface area contributed by atoms with E-state index in [1.165, 1.54) is 39.1 Å². The number of aliphatic imine (C=N–C) groups is 3. The Morgan fingerprint density at radius 2 is 1.33 bits per heavy atom. The van der Waals surface area contributed by atoms with Crippen molar-refractivity contribution in [2.45, 2.75) is 126 Å². The van der Waals surface area contributed by atoms with Crippen LogP contribution in [0, 0.1) is 5.41 Å². The molecule has 9 nitrogen and oxygen atoms in total. The maximum absolute atomic E-state index is 12.3. The Labute approximate surface area is 309 Å². The van der Waals surface area contributed by atoms with E-state index >= 15 is 0 Å². The van der Waals surface area contributed by atoms with Gasteiger partial charge >= 0.3 is 11.9 Å². The molecule has 0 radical (unpaired) electrons. The number of aliphatic hydroxyl groups excluding tert-OH is 1. The van der Waals surface area contributed by atoms with E-state index in [-0.39, 0.29) is 30.5 Å². The van der Waals surface area contributed by atoms with E-state index < -0.39 is 5.41 Å². The molecule has 1 unspecified atom stereocenters. The molecule has 5 rings (SSSR count). The van der Waals surface area contributed by atoms with Gasteiger partial charge in [-0.2, -0.15) is 0 Å². The van der Waals surface area contributed by atoms with Crippen LogP contribution in [0.1, 0.15) is 126 Å². The van der Waals surface area contributed by atoms with Crippen molar-refractivity contribution >= 4 is 29.1 Å². The third-order valence-corrected chi connectivity index (χ3v) is 11.3. The van der Waals surface area contributed by atoms with Crippen LogP contribution in [0.15, 0.2) is 106 Å². The number of carbonyl (C=O) groups excluding carboxylic acids is 2. The summed E-state index contributed by atoms with van der Waals surface area (Å²) in [5, 5.41) is 15.7. The second-order valence-electron chi connectivity index (χ2n) is 14.5. The number of methoxy groups -OCH3 is 2. The molecule has 5 heterocycles. The van der Waals surface area contributed by atoms with Gasteiger partial charge in [0.1, 0.15) is 5.76 Å². The molecule has 2 N–H and O–H groups in total. The van der Waals surface area contributed by atoms with Crippen molar-refractivity contribution in [3.63, 3.8) is 0 Å². The Hall–Kier alpha value is -4.53. The minimum atomic E-state index is -0.643. The zero-order valence-electron chi connectivity index (χ0n) is 32.6. The van der Waals surface area contributed by atoms with Gasteiger partial charge in [-0.25, -0.2) is 15.0 Å². The monoisotopic (exact) mass is 708 g/mol. The standard InChI is InChI=1S/C43H56N4O5/c1-10-13-14-15-16-17-31-40-27(6)28(11-2)34(46-40)22-32-25(4)29(18-20-38(48)51-8)35(44-32)24-36-30(19-21-39(49)52-9)26(5)33(45-36)23-37-42(50)43(7,12-3)41(31)47-37/h22-24,47,50H,10-21H2,1-9H3. The lowest BCUT2D eigenvalue weighted by molar-refractivity contribution is -0.141. The van der Waals surface area contributed by atoms with E-state index in [0.29, 0.717) is 36.4 Å². The van der Waals surface area contributed by atoms with Crippen LogP contribution in [0.2, 0.25) is 0 Å². The van der Waals surface area contributed by atoms with Crippen molar-refractivity contribution in [3.8, 4) is 0 Å². The van der Waals surface area contributed by atoms with Gasteiger partial charge in [0.25, 0.3) is 0 Å². The number of nitrogens with one attached hydrogen (secondary N) is 1. The Balaban J connectivity index is 1.78. The number of ether oxygens (including phenoxy) is 2. The molecule has 5 aliphatic rings. The van der Waals surface area contributed by atoms with Gasteiger partial charge in [-0.15, -0.1) is 0 Å². The normalized spacial score (nSPS) is 21.3. The average Bonchev–Trinajstić information content (AvgIpc) is 3.79. The van der Waals surface area contributed by atoms with Crippen molar-refractivity contribution in [1.82, 2.24) is 5.32 Å². The maximum Gasteiger partial charge on any atom is 0.305 e. The average molecular weight is 709 g/mol. The molecule has 52 heavy (non-hydrogen) atoms. The summed E-state index contributed by atoms with van der Waals surface area (Å²) in [5.41, 5.74) is 13.0. The van der Waals surface area contributed by atoms with Crippen molar-refractivity contribution in [2.24, 2.45) is 20.4 Å². The predicted octanol–water partition coefficient (Wildman–Crippen LogP) is 9.69. The zero-order valence-corrected chi connectivity index (χ0v) is 32.6. The van der Waals surface area contributed by atoms with Crippen LogP contribution in [0.4, 0.5) is 0 Å². The second-order valence-corrected chi connectivity index (χ2v) is 14.5. The topological polar surface area (TPSA) is 122 Å². The van der Waals surface area contributed by atoms with E-state index in [2.05, 4.69) is 52.9 Å². The Morgan fingerprint density at radius 3 is 1.96 bits per heavy atom. The van der Waals surface area contributed by atoms with Crippen molar-refractivity contribution in [1.29, 1.82) is 0 Å². The van der Waals surface area contributed by atoms with Gasteiger partial charge in [0.15, 0.2) is 0 Å². The number of hydrogen-bond acceptors (Lipinski definition) is 9. The summed E-state index contributed by atoms with van der Waals surface area (Å²) in [5.74, 6) is -0.300. The van der Waals surface area contributed by atoms with Gasteiger partial charge in [-0.05, 0) is 123 Å². The third-order valence-electron chi connectivity index (χ3n) is 11.3. The third kappa shape index (κ3) is 7.50. The lowest BCUT2D eigenvalue weighted by Gasteiger charge is -2.27. The summed E-state index contributed by atoms with van der Waals surface area (Å²) in [6.07, 6.45) is 15.4. The molecule has 0 saturated carbocycles. The SMILES string of the molecule is CCCCCCCC1=C2NC(=C(O)C2(C)CC)C=C2N=C(C=C3N=C(C=C4N=C1C(C)=C4CC)C(C)=C3CCC(=O)OC)C(CCC(=O)OC)=C2C. The quantitative estimate of drug-likeness (QED) is 0.137. The number of carbonyl (C=O) groups is 2. The molecule has 0 aliphatic carbocycles. The van der Waals surface area contributed by atoms with Crippen molar-refractivity contribution in [3.05, 3.63) is 91.5 Å². The number of unbranched alkanes of at least 4 members (excludes halogenated alkanes) is 4. The minimum Gasteiger partial charge on any atom is -0.509 e. The molecule has 5 aliphatic heterocycles. The highest BCUT2D eigenvalue weighted by Gasteiger charge is 2.43. The van der Waals surface area contributed by atoms with Crippen LogP contribution in [-0.4, -0.2) is 48.4 Å².